The molecule has 0 bridgehead atoms. The van der Waals surface area contributed by atoms with Crippen molar-refractivity contribution in [2.45, 2.75) is 90.8 Å². The SMILES string of the molecule is CC(C)CCCCCCN1C(=O)C2(CC2)NC1CC(C)C. The van der Waals surface area contributed by atoms with Crippen molar-refractivity contribution < 1.29 is 4.79 Å². The fourth-order valence-corrected chi connectivity index (χ4v) is 3.44. The monoisotopic (exact) mass is 294 g/mol. The van der Waals surface area contributed by atoms with E-state index in [2.05, 4.69) is 37.9 Å². The summed E-state index contributed by atoms with van der Waals surface area (Å²) in [7, 11) is 0. The first-order chi connectivity index (χ1) is 9.94. The van der Waals surface area contributed by atoms with Crippen LogP contribution in [0.2, 0.25) is 0 Å². The van der Waals surface area contributed by atoms with Crippen molar-refractivity contribution in [3.63, 3.8) is 0 Å². The maximum atomic E-state index is 12.6. The summed E-state index contributed by atoms with van der Waals surface area (Å²) in [6.45, 7) is 10.0. The Bertz CT molecular complexity index is 347. The van der Waals surface area contributed by atoms with Crippen LogP contribution < -0.4 is 5.32 Å². The van der Waals surface area contributed by atoms with Crippen molar-refractivity contribution >= 4 is 5.91 Å². The molecule has 21 heavy (non-hydrogen) atoms. The van der Waals surface area contributed by atoms with Gasteiger partial charge in [0.05, 0.1) is 11.7 Å². The summed E-state index contributed by atoms with van der Waals surface area (Å²) in [4.78, 5) is 14.7. The standard InChI is InChI=1S/C18H34N2O/c1-14(2)9-7-5-6-8-12-20-16(13-15(3)4)19-18(10-11-18)17(20)21/h14-16,19H,5-13H2,1-4H3. The maximum absolute atomic E-state index is 12.6. The largest absolute Gasteiger partial charge is 0.326 e. The van der Waals surface area contributed by atoms with Crippen LogP contribution in [0.5, 0.6) is 0 Å². The molecule has 1 spiro atoms. The van der Waals surface area contributed by atoms with Gasteiger partial charge in [-0.05, 0) is 37.5 Å². The van der Waals surface area contributed by atoms with Crippen LogP contribution in [0.25, 0.3) is 0 Å². The number of carbonyl (C=O) groups is 1. The molecule has 0 aromatic rings. The molecule has 1 atom stereocenters. The Kier molecular flexibility index (Phi) is 5.70. The smallest absolute Gasteiger partial charge is 0.244 e. The van der Waals surface area contributed by atoms with Crippen molar-refractivity contribution in [2.24, 2.45) is 11.8 Å². The van der Waals surface area contributed by atoms with E-state index >= 15 is 0 Å². The third-order valence-corrected chi connectivity index (χ3v) is 4.86. The molecule has 0 radical (unpaired) electrons. The van der Waals surface area contributed by atoms with Gasteiger partial charge in [-0.1, -0.05) is 53.4 Å². The topological polar surface area (TPSA) is 32.3 Å². The van der Waals surface area contributed by atoms with E-state index in [0.29, 0.717) is 11.8 Å². The second-order valence-corrected chi connectivity index (χ2v) is 7.97. The van der Waals surface area contributed by atoms with E-state index in [1.54, 1.807) is 0 Å². The lowest BCUT2D eigenvalue weighted by atomic mass is 10.0. The minimum absolute atomic E-state index is 0.142. The fourth-order valence-electron chi connectivity index (χ4n) is 3.44. The van der Waals surface area contributed by atoms with Gasteiger partial charge in [-0.25, -0.2) is 0 Å². The van der Waals surface area contributed by atoms with Crippen LogP contribution >= 0.6 is 0 Å². The van der Waals surface area contributed by atoms with Crippen molar-refractivity contribution in [3.8, 4) is 0 Å². The van der Waals surface area contributed by atoms with Crippen molar-refractivity contribution in [2.75, 3.05) is 6.54 Å². The van der Waals surface area contributed by atoms with Gasteiger partial charge in [-0.3, -0.25) is 10.1 Å². The van der Waals surface area contributed by atoms with Crippen LogP contribution in [0.3, 0.4) is 0 Å². The number of nitrogens with zero attached hydrogens (tertiary/aromatic N) is 1. The molecule has 1 saturated carbocycles. The zero-order valence-electron chi connectivity index (χ0n) is 14.5. The van der Waals surface area contributed by atoms with Gasteiger partial charge in [0.15, 0.2) is 0 Å². The lowest BCUT2D eigenvalue weighted by molar-refractivity contribution is -0.131. The molecule has 3 nitrogen and oxygen atoms in total. The highest BCUT2D eigenvalue weighted by atomic mass is 16.2. The van der Waals surface area contributed by atoms with Crippen molar-refractivity contribution in [1.29, 1.82) is 0 Å². The second kappa shape index (κ2) is 7.13. The molecule has 1 unspecified atom stereocenters. The summed E-state index contributed by atoms with van der Waals surface area (Å²) in [6, 6.07) is 0. The molecular weight excluding hydrogens is 260 g/mol. The van der Waals surface area contributed by atoms with Gasteiger partial charge in [-0.15, -0.1) is 0 Å². The number of amides is 1. The lowest BCUT2D eigenvalue weighted by Crippen LogP contribution is -2.39. The third kappa shape index (κ3) is 4.45. The van der Waals surface area contributed by atoms with E-state index in [9.17, 15) is 4.79 Å². The Morgan fingerprint density at radius 3 is 2.33 bits per heavy atom. The molecule has 0 aromatic carbocycles. The van der Waals surface area contributed by atoms with Crippen molar-refractivity contribution in [3.05, 3.63) is 0 Å². The minimum atomic E-state index is -0.142. The molecule has 1 N–H and O–H groups in total. The van der Waals surface area contributed by atoms with Crippen LogP contribution in [-0.2, 0) is 4.79 Å². The predicted molar refractivity (Wildman–Crippen MR) is 88.0 cm³/mol. The van der Waals surface area contributed by atoms with Gasteiger partial charge >= 0.3 is 0 Å². The molecule has 1 aliphatic carbocycles. The van der Waals surface area contributed by atoms with E-state index in [0.717, 1.165) is 38.1 Å². The van der Waals surface area contributed by atoms with E-state index in [-0.39, 0.29) is 11.7 Å². The summed E-state index contributed by atoms with van der Waals surface area (Å²) < 4.78 is 0. The van der Waals surface area contributed by atoms with Crippen LogP contribution in [0.15, 0.2) is 0 Å². The number of carbonyl (C=O) groups excluding carboxylic acids is 1. The average molecular weight is 294 g/mol. The highest BCUT2D eigenvalue weighted by Gasteiger charge is 2.58. The second-order valence-electron chi connectivity index (χ2n) is 7.97. The summed E-state index contributed by atoms with van der Waals surface area (Å²) in [6.07, 6.45) is 9.88. The first-order valence-electron chi connectivity index (χ1n) is 9.03. The first kappa shape index (κ1) is 16.8. The molecule has 0 aromatic heterocycles. The average Bonchev–Trinajstić information content (AvgIpc) is 3.11. The van der Waals surface area contributed by atoms with E-state index in [4.69, 9.17) is 0 Å². The van der Waals surface area contributed by atoms with Crippen LogP contribution in [0.4, 0.5) is 0 Å². The van der Waals surface area contributed by atoms with Crippen LogP contribution in [0.1, 0.15) is 79.1 Å². The van der Waals surface area contributed by atoms with Gasteiger partial charge in [0.1, 0.15) is 0 Å². The number of hydrogen-bond donors (Lipinski definition) is 1. The van der Waals surface area contributed by atoms with Gasteiger partial charge in [0.25, 0.3) is 0 Å². The third-order valence-electron chi connectivity index (χ3n) is 4.86. The zero-order valence-corrected chi connectivity index (χ0v) is 14.5. The molecule has 1 saturated heterocycles. The summed E-state index contributed by atoms with van der Waals surface area (Å²) in [5.74, 6) is 1.84. The molecule has 1 amide bonds. The van der Waals surface area contributed by atoms with Gasteiger partial charge in [-0.2, -0.15) is 0 Å². The van der Waals surface area contributed by atoms with Gasteiger partial charge < -0.3 is 4.90 Å². The number of hydrogen-bond acceptors (Lipinski definition) is 2. The first-order valence-corrected chi connectivity index (χ1v) is 9.03. The molecule has 122 valence electrons. The summed E-state index contributed by atoms with van der Waals surface area (Å²) >= 11 is 0. The van der Waals surface area contributed by atoms with Gasteiger partial charge in [0, 0.05) is 6.54 Å². The number of rotatable bonds is 9. The van der Waals surface area contributed by atoms with E-state index in [1.165, 1.54) is 25.7 Å². The predicted octanol–water partition coefficient (Wildman–Crippen LogP) is 3.93. The Labute approximate surface area is 130 Å². The normalized spacial score (nSPS) is 23.8. The molecule has 3 heteroatoms. The van der Waals surface area contributed by atoms with E-state index in [1.807, 2.05) is 0 Å². The molecular formula is C18H34N2O. The molecule has 1 heterocycles. The number of unbranched alkanes of at least 4 members (excludes halogenated alkanes) is 3. The minimum Gasteiger partial charge on any atom is -0.326 e. The quantitative estimate of drug-likeness (QED) is 0.653. The highest BCUT2D eigenvalue weighted by Crippen LogP contribution is 2.43. The Morgan fingerprint density at radius 1 is 1.10 bits per heavy atom. The van der Waals surface area contributed by atoms with Crippen LogP contribution in [-0.4, -0.2) is 29.1 Å². The Balaban J connectivity index is 1.73. The zero-order chi connectivity index (χ0) is 15.5. The fraction of sp³-hybridized carbons (Fsp3) is 0.944. The molecule has 2 aliphatic rings. The molecule has 2 rings (SSSR count). The summed E-state index contributed by atoms with van der Waals surface area (Å²) in [5, 5.41) is 3.62. The Hall–Kier alpha value is -0.570. The number of nitrogens with one attached hydrogen (secondary N) is 1. The summed E-state index contributed by atoms with van der Waals surface area (Å²) in [5.41, 5.74) is -0.142. The van der Waals surface area contributed by atoms with E-state index < -0.39 is 0 Å². The molecule has 2 fully saturated rings. The highest BCUT2D eigenvalue weighted by molar-refractivity contribution is 5.91. The maximum Gasteiger partial charge on any atom is 0.244 e. The molecule has 1 aliphatic heterocycles. The van der Waals surface area contributed by atoms with Crippen molar-refractivity contribution in [1.82, 2.24) is 10.2 Å². The van der Waals surface area contributed by atoms with Gasteiger partial charge in [0.2, 0.25) is 5.91 Å². The Morgan fingerprint density at radius 2 is 1.76 bits per heavy atom. The van der Waals surface area contributed by atoms with Crippen LogP contribution in [0, 0.1) is 11.8 Å². The lowest BCUT2D eigenvalue weighted by Gasteiger charge is -2.25.